The third kappa shape index (κ3) is 2.37. The Hall–Kier alpha value is -1.94. The number of nitrogens with zero attached hydrogens (tertiary/aromatic N) is 1. The summed E-state index contributed by atoms with van der Waals surface area (Å²) in [4.78, 5) is 17.0. The monoisotopic (exact) mass is 311 g/mol. The van der Waals surface area contributed by atoms with Crippen molar-refractivity contribution in [3.8, 4) is 10.8 Å². The summed E-state index contributed by atoms with van der Waals surface area (Å²) in [6.45, 7) is 0. The molecule has 0 bridgehead atoms. The van der Waals surface area contributed by atoms with Crippen LogP contribution in [-0.4, -0.2) is 11.3 Å². The van der Waals surface area contributed by atoms with Crippen molar-refractivity contribution in [2.75, 3.05) is 0 Å². The molecule has 1 fully saturated rings. The second-order valence-corrected chi connectivity index (χ2v) is 6.95. The number of oxazole rings is 1. The summed E-state index contributed by atoms with van der Waals surface area (Å²) >= 11 is 1.66. The molecule has 0 radical (unpaired) electrons. The first-order chi connectivity index (χ1) is 10.8. The van der Waals surface area contributed by atoms with Crippen molar-refractivity contribution < 1.29 is 9.21 Å². The van der Waals surface area contributed by atoms with Crippen LogP contribution < -0.4 is 0 Å². The van der Waals surface area contributed by atoms with E-state index < -0.39 is 0 Å². The number of carbonyl (C=O) groups is 1. The van der Waals surface area contributed by atoms with Gasteiger partial charge in [0.15, 0.2) is 12.0 Å². The first kappa shape index (κ1) is 13.7. The molecule has 0 N–H and O–H groups in total. The Bertz CT molecular complexity index is 778. The SMILES string of the molecule is O=Cc1oc(-c2cc3ccccc3s2)nc1C1CCCCC1. The lowest BCUT2D eigenvalue weighted by molar-refractivity contribution is 0.109. The van der Waals surface area contributed by atoms with E-state index in [4.69, 9.17) is 4.42 Å². The van der Waals surface area contributed by atoms with E-state index in [1.54, 1.807) is 11.3 Å². The van der Waals surface area contributed by atoms with Gasteiger partial charge < -0.3 is 4.42 Å². The van der Waals surface area contributed by atoms with E-state index in [0.29, 0.717) is 17.6 Å². The molecule has 0 saturated heterocycles. The van der Waals surface area contributed by atoms with E-state index >= 15 is 0 Å². The van der Waals surface area contributed by atoms with Crippen LogP contribution in [0.3, 0.4) is 0 Å². The molecule has 1 aliphatic carbocycles. The van der Waals surface area contributed by atoms with Gasteiger partial charge in [0.2, 0.25) is 5.89 Å². The Morgan fingerprint density at radius 1 is 1.18 bits per heavy atom. The molecule has 1 saturated carbocycles. The molecule has 3 aromatic rings. The van der Waals surface area contributed by atoms with E-state index in [-0.39, 0.29) is 0 Å². The molecule has 3 nitrogen and oxygen atoms in total. The van der Waals surface area contributed by atoms with Crippen molar-refractivity contribution in [3.05, 3.63) is 41.8 Å². The predicted molar refractivity (Wildman–Crippen MR) is 88.5 cm³/mol. The van der Waals surface area contributed by atoms with Gasteiger partial charge in [-0.2, -0.15) is 0 Å². The summed E-state index contributed by atoms with van der Waals surface area (Å²) in [5.41, 5.74) is 0.863. The normalized spacial score (nSPS) is 16.2. The van der Waals surface area contributed by atoms with Crippen molar-refractivity contribution in [1.82, 2.24) is 4.98 Å². The molecule has 0 aliphatic heterocycles. The van der Waals surface area contributed by atoms with Gasteiger partial charge in [-0.3, -0.25) is 4.79 Å². The van der Waals surface area contributed by atoms with Gasteiger partial charge in [0.05, 0.1) is 10.6 Å². The summed E-state index contributed by atoms with van der Waals surface area (Å²) in [6, 6.07) is 10.3. The van der Waals surface area contributed by atoms with Crippen LogP contribution in [0.2, 0.25) is 0 Å². The number of hydrogen-bond donors (Lipinski definition) is 0. The van der Waals surface area contributed by atoms with Gasteiger partial charge in [-0.05, 0) is 30.4 Å². The van der Waals surface area contributed by atoms with Crippen molar-refractivity contribution in [2.24, 2.45) is 0 Å². The fraction of sp³-hybridized carbons (Fsp3) is 0.333. The van der Waals surface area contributed by atoms with Crippen LogP contribution in [0.4, 0.5) is 0 Å². The highest BCUT2D eigenvalue weighted by Gasteiger charge is 2.24. The summed E-state index contributed by atoms with van der Waals surface area (Å²) < 4.78 is 6.97. The molecular formula is C18H17NO2S. The van der Waals surface area contributed by atoms with Crippen LogP contribution in [0.5, 0.6) is 0 Å². The fourth-order valence-electron chi connectivity index (χ4n) is 3.29. The zero-order valence-corrected chi connectivity index (χ0v) is 13.1. The standard InChI is InChI=1S/C18H17NO2S/c20-11-14-17(12-6-2-1-3-7-12)19-18(21-14)16-10-13-8-4-5-9-15(13)22-16/h4-5,8-12H,1-3,6-7H2. The molecule has 4 rings (SSSR count). The minimum atomic E-state index is 0.376. The van der Waals surface area contributed by atoms with E-state index in [1.165, 1.54) is 29.3 Å². The van der Waals surface area contributed by atoms with Gasteiger partial charge in [-0.1, -0.05) is 37.5 Å². The first-order valence-corrected chi connectivity index (χ1v) is 8.61. The van der Waals surface area contributed by atoms with Gasteiger partial charge in [0, 0.05) is 10.6 Å². The smallest absolute Gasteiger partial charge is 0.237 e. The van der Waals surface area contributed by atoms with Crippen molar-refractivity contribution in [3.63, 3.8) is 0 Å². The lowest BCUT2D eigenvalue weighted by Crippen LogP contribution is -2.06. The van der Waals surface area contributed by atoms with E-state index in [0.717, 1.165) is 29.7 Å². The van der Waals surface area contributed by atoms with E-state index in [2.05, 4.69) is 23.2 Å². The maximum atomic E-state index is 11.4. The number of aldehydes is 1. The Kier molecular flexibility index (Phi) is 3.54. The molecule has 0 spiro atoms. The molecule has 2 heterocycles. The highest BCUT2D eigenvalue weighted by atomic mass is 32.1. The maximum Gasteiger partial charge on any atom is 0.237 e. The Morgan fingerprint density at radius 3 is 2.77 bits per heavy atom. The van der Waals surface area contributed by atoms with Crippen molar-refractivity contribution in [1.29, 1.82) is 0 Å². The molecule has 1 aromatic carbocycles. The molecule has 2 aromatic heterocycles. The summed E-state index contributed by atoms with van der Waals surface area (Å²) in [6.07, 6.45) is 6.75. The number of rotatable bonds is 3. The quantitative estimate of drug-likeness (QED) is 0.607. The summed E-state index contributed by atoms with van der Waals surface area (Å²) in [7, 11) is 0. The average Bonchev–Trinajstić information content (AvgIpc) is 3.19. The molecule has 22 heavy (non-hydrogen) atoms. The Labute approximate surface area is 133 Å². The third-order valence-electron chi connectivity index (χ3n) is 4.42. The van der Waals surface area contributed by atoms with Gasteiger partial charge in [-0.15, -0.1) is 11.3 Å². The highest BCUT2D eigenvalue weighted by molar-refractivity contribution is 7.22. The summed E-state index contributed by atoms with van der Waals surface area (Å²) in [5, 5.41) is 1.19. The number of thiophene rings is 1. The Morgan fingerprint density at radius 2 is 2.00 bits per heavy atom. The number of carbonyl (C=O) groups excluding carboxylic acids is 1. The molecule has 0 atom stereocenters. The number of fused-ring (bicyclic) bond motifs is 1. The summed E-state index contributed by atoms with van der Waals surface area (Å²) in [5.74, 6) is 1.38. The molecule has 4 heteroatoms. The lowest BCUT2D eigenvalue weighted by Gasteiger charge is -2.19. The maximum absolute atomic E-state index is 11.4. The van der Waals surface area contributed by atoms with Gasteiger partial charge in [0.25, 0.3) is 0 Å². The minimum absolute atomic E-state index is 0.376. The average molecular weight is 311 g/mol. The van der Waals surface area contributed by atoms with Crippen LogP contribution >= 0.6 is 11.3 Å². The third-order valence-corrected chi connectivity index (χ3v) is 5.52. The number of benzene rings is 1. The fourth-order valence-corrected chi connectivity index (χ4v) is 4.28. The van der Waals surface area contributed by atoms with Crippen LogP contribution in [0.25, 0.3) is 20.9 Å². The molecule has 0 amide bonds. The largest absolute Gasteiger partial charge is 0.432 e. The van der Waals surface area contributed by atoms with Crippen LogP contribution in [0, 0.1) is 0 Å². The second-order valence-electron chi connectivity index (χ2n) is 5.87. The minimum Gasteiger partial charge on any atom is -0.432 e. The van der Waals surface area contributed by atoms with Gasteiger partial charge >= 0.3 is 0 Å². The number of aromatic nitrogens is 1. The van der Waals surface area contributed by atoms with Crippen molar-refractivity contribution in [2.45, 2.75) is 38.0 Å². The zero-order chi connectivity index (χ0) is 14.9. The van der Waals surface area contributed by atoms with Crippen LogP contribution in [0.1, 0.15) is 54.3 Å². The first-order valence-electron chi connectivity index (χ1n) is 7.80. The van der Waals surface area contributed by atoms with Crippen molar-refractivity contribution >= 4 is 27.7 Å². The predicted octanol–water partition coefficient (Wildman–Crippen LogP) is 5.42. The molecule has 1 aliphatic rings. The van der Waals surface area contributed by atoms with Gasteiger partial charge in [0.1, 0.15) is 0 Å². The van der Waals surface area contributed by atoms with Crippen LogP contribution in [0.15, 0.2) is 34.7 Å². The number of hydrogen-bond acceptors (Lipinski definition) is 4. The Balaban J connectivity index is 1.75. The molecular weight excluding hydrogens is 294 g/mol. The molecule has 0 unspecified atom stereocenters. The van der Waals surface area contributed by atoms with E-state index in [1.807, 2.05) is 12.1 Å². The highest BCUT2D eigenvalue weighted by Crippen LogP contribution is 2.38. The molecule has 112 valence electrons. The lowest BCUT2D eigenvalue weighted by atomic mass is 9.86. The van der Waals surface area contributed by atoms with Gasteiger partial charge in [-0.25, -0.2) is 4.98 Å². The topological polar surface area (TPSA) is 43.1 Å². The second kappa shape index (κ2) is 5.69. The van der Waals surface area contributed by atoms with Crippen LogP contribution in [-0.2, 0) is 0 Å². The van der Waals surface area contributed by atoms with E-state index in [9.17, 15) is 4.79 Å². The zero-order valence-electron chi connectivity index (χ0n) is 12.2.